The van der Waals surface area contributed by atoms with Crippen molar-refractivity contribution in [2.24, 2.45) is 5.92 Å². The van der Waals surface area contributed by atoms with Crippen LogP contribution in [-0.4, -0.2) is 18.3 Å². The fraction of sp³-hybridized carbons (Fsp3) is 0.409. The molecule has 8 heteroatoms. The van der Waals surface area contributed by atoms with Crippen molar-refractivity contribution in [3.05, 3.63) is 58.7 Å². The first kappa shape index (κ1) is 22.7. The van der Waals surface area contributed by atoms with Gasteiger partial charge in [0.15, 0.2) is 0 Å². The number of benzene rings is 1. The predicted molar refractivity (Wildman–Crippen MR) is 118 cm³/mol. The number of aromatic nitrogens is 2. The third-order valence-electron chi connectivity index (χ3n) is 4.59. The number of nitrogens with zero attached hydrogens (tertiary/aromatic N) is 2. The highest BCUT2D eigenvalue weighted by Gasteiger charge is 2.21. The predicted octanol–water partition coefficient (Wildman–Crippen LogP) is 5.47. The third kappa shape index (κ3) is 5.36. The van der Waals surface area contributed by atoms with Crippen molar-refractivity contribution < 1.29 is 17.3 Å². The quantitative estimate of drug-likeness (QED) is 0.449. The molecule has 30 heavy (non-hydrogen) atoms. The minimum absolute atomic E-state index is 0.149. The van der Waals surface area contributed by atoms with Crippen molar-refractivity contribution in [3.8, 4) is 16.2 Å². The minimum atomic E-state index is -2.69. The molecular weight excluding hydrogens is 423 g/mol. The molecule has 2 aromatic heterocycles. The number of rotatable bonds is 7. The first-order valence-corrected chi connectivity index (χ1v) is 11.6. The molecule has 0 fully saturated rings. The van der Waals surface area contributed by atoms with Gasteiger partial charge < -0.3 is 13.3 Å². The maximum absolute atomic E-state index is 15.0. The Labute approximate surface area is 183 Å². The van der Waals surface area contributed by atoms with Crippen LogP contribution >= 0.6 is 11.3 Å². The van der Waals surface area contributed by atoms with Crippen molar-refractivity contribution in [2.75, 3.05) is 0 Å². The number of halogens is 1. The van der Waals surface area contributed by atoms with Gasteiger partial charge in [0.2, 0.25) is 5.06 Å². The Morgan fingerprint density at radius 2 is 2.03 bits per heavy atom. The lowest BCUT2D eigenvalue weighted by atomic mass is 9.95. The van der Waals surface area contributed by atoms with Crippen LogP contribution in [-0.2, 0) is 29.7 Å². The van der Waals surface area contributed by atoms with Gasteiger partial charge in [-0.25, -0.2) is 13.6 Å². The van der Waals surface area contributed by atoms with E-state index in [1.165, 1.54) is 17.4 Å². The molecule has 0 radical (unpaired) electrons. The monoisotopic (exact) mass is 449 g/mol. The second-order valence-electron chi connectivity index (χ2n) is 8.73. The molecular formula is C22H26FN2O3S2-. The molecule has 1 atom stereocenters. The van der Waals surface area contributed by atoms with Crippen LogP contribution in [0, 0.1) is 11.7 Å². The van der Waals surface area contributed by atoms with Crippen LogP contribution in [0.15, 0.2) is 36.7 Å². The second-order valence-corrected chi connectivity index (χ2v) is 10.4. The van der Waals surface area contributed by atoms with Gasteiger partial charge in [-0.05, 0) is 30.0 Å². The zero-order valence-corrected chi connectivity index (χ0v) is 19.4. The van der Waals surface area contributed by atoms with E-state index in [9.17, 15) is 13.2 Å². The first-order valence-electron chi connectivity index (χ1n) is 9.75. The molecule has 0 spiro atoms. The molecule has 3 rings (SSSR count). The maximum Gasteiger partial charge on any atom is 0.200 e. The Morgan fingerprint density at radius 1 is 1.30 bits per heavy atom. The topological polar surface area (TPSA) is 67.2 Å². The summed E-state index contributed by atoms with van der Waals surface area (Å²) in [4.78, 5) is 5.41. The van der Waals surface area contributed by atoms with Crippen LogP contribution in [0.5, 0.6) is 5.06 Å². The Bertz CT molecular complexity index is 1050. The van der Waals surface area contributed by atoms with Gasteiger partial charge in [-0.1, -0.05) is 46.8 Å². The van der Waals surface area contributed by atoms with E-state index in [-0.39, 0.29) is 16.3 Å². The van der Waals surface area contributed by atoms with Crippen LogP contribution in [0.4, 0.5) is 4.39 Å². The molecule has 0 saturated carbocycles. The van der Waals surface area contributed by atoms with Crippen molar-refractivity contribution >= 4 is 22.7 Å². The minimum Gasteiger partial charge on any atom is -0.740 e. The van der Waals surface area contributed by atoms with Gasteiger partial charge in [0.1, 0.15) is 23.0 Å². The Kier molecular flexibility index (Phi) is 6.79. The summed E-state index contributed by atoms with van der Waals surface area (Å²) in [5.74, 6) is 0.941. The first-order chi connectivity index (χ1) is 14.0. The molecule has 162 valence electrons. The van der Waals surface area contributed by atoms with Gasteiger partial charge in [-0.3, -0.25) is 0 Å². The summed E-state index contributed by atoms with van der Waals surface area (Å²) in [6.45, 7) is 10.7. The summed E-state index contributed by atoms with van der Waals surface area (Å²) in [5.41, 5.74) is 1.56. The fourth-order valence-electron chi connectivity index (χ4n) is 3.36. The van der Waals surface area contributed by atoms with Crippen LogP contribution in [0.1, 0.15) is 50.9 Å². The van der Waals surface area contributed by atoms with Crippen molar-refractivity contribution in [3.63, 3.8) is 0 Å². The lowest BCUT2D eigenvalue weighted by Gasteiger charge is -2.20. The zero-order valence-electron chi connectivity index (χ0n) is 17.8. The number of imidazole rings is 1. The van der Waals surface area contributed by atoms with Crippen molar-refractivity contribution in [1.82, 2.24) is 9.55 Å². The van der Waals surface area contributed by atoms with Gasteiger partial charge in [0.05, 0.1) is 6.54 Å². The molecule has 0 bridgehead atoms. The van der Waals surface area contributed by atoms with Gasteiger partial charge in [-0.15, -0.1) is 11.3 Å². The molecule has 0 aliphatic carbocycles. The van der Waals surface area contributed by atoms with E-state index in [4.69, 9.17) is 4.18 Å². The number of thiophene rings is 1. The van der Waals surface area contributed by atoms with Crippen molar-refractivity contribution in [2.45, 2.75) is 53.0 Å². The zero-order chi connectivity index (χ0) is 22.1. The largest absolute Gasteiger partial charge is 0.740 e. The lowest BCUT2D eigenvalue weighted by Crippen LogP contribution is -2.19. The molecule has 2 heterocycles. The summed E-state index contributed by atoms with van der Waals surface area (Å²) in [6, 6.07) is 6.85. The summed E-state index contributed by atoms with van der Waals surface area (Å²) in [5, 5.41) is 0.260. The van der Waals surface area contributed by atoms with Gasteiger partial charge >= 0.3 is 0 Å². The average Bonchev–Trinajstić information content (AvgIpc) is 3.22. The summed E-state index contributed by atoms with van der Waals surface area (Å²) in [6.07, 6.45) is 4.37. The molecule has 3 aromatic rings. The highest BCUT2D eigenvalue weighted by atomic mass is 32.2. The summed E-state index contributed by atoms with van der Waals surface area (Å²) >= 11 is -1.41. The standard InChI is InChI=1S/C22H27FN2O3S2/c1-14(2)10-17-12-18(20(29-17)28-30(26)27)15-6-7-16(19(23)11-15)13-25-9-8-24-21(25)22(3,4)5/h6-9,11-12,14H,10,13H2,1-5H3,(H,26,27)/p-1. The van der Waals surface area contributed by atoms with E-state index in [1.807, 2.05) is 16.8 Å². The molecule has 0 saturated heterocycles. The smallest absolute Gasteiger partial charge is 0.200 e. The van der Waals surface area contributed by atoms with E-state index in [1.54, 1.807) is 18.3 Å². The number of hydrogen-bond acceptors (Lipinski definition) is 5. The van der Waals surface area contributed by atoms with E-state index < -0.39 is 11.4 Å². The number of hydrogen-bond donors (Lipinski definition) is 0. The summed E-state index contributed by atoms with van der Waals surface area (Å²) < 4.78 is 44.1. The summed E-state index contributed by atoms with van der Waals surface area (Å²) in [7, 11) is 0. The average molecular weight is 450 g/mol. The Morgan fingerprint density at radius 3 is 2.63 bits per heavy atom. The molecule has 1 aromatic carbocycles. The van der Waals surface area contributed by atoms with Crippen LogP contribution in [0.2, 0.25) is 0 Å². The van der Waals surface area contributed by atoms with Crippen LogP contribution in [0.3, 0.4) is 0 Å². The highest BCUT2D eigenvalue weighted by Crippen LogP contribution is 2.40. The van der Waals surface area contributed by atoms with Crippen molar-refractivity contribution in [1.29, 1.82) is 0 Å². The second kappa shape index (κ2) is 8.99. The Balaban J connectivity index is 1.93. The lowest BCUT2D eigenvalue weighted by molar-refractivity contribution is 0.445. The van der Waals surface area contributed by atoms with E-state index in [2.05, 4.69) is 39.6 Å². The molecule has 5 nitrogen and oxygen atoms in total. The third-order valence-corrected chi connectivity index (χ3v) is 6.04. The van der Waals surface area contributed by atoms with E-state index in [0.717, 1.165) is 17.1 Å². The SMILES string of the molecule is CC(C)Cc1cc(-c2ccc(Cn3ccnc3C(C)(C)C)c(F)c2)c(OS(=O)[O-])s1. The van der Waals surface area contributed by atoms with Crippen LogP contribution in [0.25, 0.3) is 11.1 Å². The molecule has 0 amide bonds. The van der Waals surface area contributed by atoms with E-state index >= 15 is 0 Å². The van der Waals surface area contributed by atoms with E-state index in [0.29, 0.717) is 29.2 Å². The molecule has 1 unspecified atom stereocenters. The normalized spacial score (nSPS) is 13.1. The maximum atomic E-state index is 15.0. The Hall–Kier alpha value is -2.03. The molecule has 0 N–H and O–H groups in total. The molecule has 0 aliphatic rings. The van der Waals surface area contributed by atoms with Gasteiger partial charge in [0.25, 0.3) is 0 Å². The molecule has 0 aliphatic heterocycles. The fourth-order valence-corrected chi connectivity index (χ4v) is 4.99. The van der Waals surface area contributed by atoms with Crippen LogP contribution < -0.4 is 4.18 Å². The van der Waals surface area contributed by atoms with Gasteiger partial charge in [0, 0.05) is 33.8 Å². The highest BCUT2D eigenvalue weighted by molar-refractivity contribution is 7.74. The van der Waals surface area contributed by atoms with Gasteiger partial charge in [-0.2, -0.15) is 0 Å².